The number of ether oxygens (including phenoxy) is 1. The Morgan fingerprint density at radius 2 is 2.11 bits per heavy atom. The molecule has 1 aliphatic rings. The molecule has 3 unspecified atom stereocenters. The summed E-state index contributed by atoms with van der Waals surface area (Å²) < 4.78 is 12.6. The van der Waals surface area contributed by atoms with Crippen LogP contribution < -0.4 is 5.69 Å². The van der Waals surface area contributed by atoms with E-state index in [1.165, 1.54) is 9.46 Å². The highest BCUT2D eigenvalue weighted by Gasteiger charge is 2.35. The van der Waals surface area contributed by atoms with E-state index in [9.17, 15) is 15.0 Å². The molecule has 0 radical (unpaired) electrons. The number of hydrogen-bond acceptors (Lipinski definition) is 7. The van der Waals surface area contributed by atoms with E-state index in [0.29, 0.717) is 5.71 Å². The van der Waals surface area contributed by atoms with Crippen molar-refractivity contribution in [1.82, 2.24) is 9.55 Å². The van der Waals surface area contributed by atoms with Crippen molar-refractivity contribution in [3.05, 3.63) is 58.8 Å². The van der Waals surface area contributed by atoms with E-state index in [-0.39, 0.29) is 13.0 Å². The number of aliphatic hydroxyl groups is 2. The lowest BCUT2D eigenvalue weighted by molar-refractivity contribution is -0.0457. The third kappa shape index (κ3) is 4.15. The largest absolute Gasteiger partial charge is 0.443 e. The Kier molecular flexibility index (Phi) is 5.82. The molecule has 0 saturated carbocycles. The van der Waals surface area contributed by atoms with Crippen LogP contribution in [0.3, 0.4) is 0 Å². The van der Waals surface area contributed by atoms with Gasteiger partial charge in [0.05, 0.1) is 18.1 Å². The van der Waals surface area contributed by atoms with Crippen LogP contribution in [0.1, 0.15) is 24.8 Å². The summed E-state index contributed by atoms with van der Waals surface area (Å²) in [5.41, 5.74) is -0.187. The predicted octanol–water partition coefficient (Wildman–Crippen LogP) is 2.36. The molecule has 4 rings (SSSR count). The average Bonchev–Trinajstić information content (AvgIpc) is 3.27. The Labute approximate surface area is 166 Å². The first-order chi connectivity index (χ1) is 13.6. The fourth-order valence-corrected chi connectivity index (χ4v) is 4.18. The number of rotatable bonds is 7. The van der Waals surface area contributed by atoms with Crippen LogP contribution in [0, 0.1) is 0 Å². The molecule has 1 aliphatic heterocycles. The number of aliphatic hydroxyl groups excluding tert-OH is 2. The van der Waals surface area contributed by atoms with Crippen LogP contribution in [0.15, 0.2) is 56.7 Å². The molecule has 3 aromatic rings. The van der Waals surface area contributed by atoms with Crippen molar-refractivity contribution in [2.75, 3.05) is 12.4 Å². The third-order valence-corrected chi connectivity index (χ3v) is 5.86. The maximum Gasteiger partial charge on any atom is 0.353 e. The molecule has 148 valence electrons. The Bertz CT molecular complexity index is 987. The smallest absolute Gasteiger partial charge is 0.353 e. The summed E-state index contributed by atoms with van der Waals surface area (Å²) in [5.74, 6) is 1.76. The van der Waals surface area contributed by atoms with Crippen LogP contribution in [0.25, 0.3) is 11.1 Å². The van der Waals surface area contributed by atoms with Crippen LogP contribution in [0.4, 0.5) is 0 Å². The van der Waals surface area contributed by atoms with Gasteiger partial charge in [0.1, 0.15) is 18.1 Å². The zero-order chi connectivity index (χ0) is 19.5. The Balaban J connectivity index is 1.42. The van der Waals surface area contributed by atoms with Crippen molar-refractivity contribution >= 4 is 22.9 Å². The van der Waals surface area contributed by atoms with Gasteiger partial charge in [-0.3, -0.25) is 4.57 Å². The average molecular weight is 402 g/mol. The number of fused-ring (bicyclic) bond motifs is 1. The van der Waals surface area contributed by atoms with Crippen molar-refractivity contribution in [2.24, 2.45) is 0 Å². The maximum absolute atomic E-state index is 12.3. The second kappa shape index (κ2) is 8.48. The second-order valence-corrected chi connectivity index (χ2v) is 7.95. The van der Waals surface area contributed by atoms with Crippen molar-refractivity contribution < 1.29 is 19.4 Å². The third-order valence-electron chi connectivity index (χ3n) is 4.76. The van der Waals surface area contributed by atoms with Crippen molar-refractivity contribution in [3.63, 3.8) is 0 Å². The van der Waals surface area contributed by atoms with Crippen LogP contribution in [0.2, 0.25) is 0 Å². The standard InChI is InChI=1S/C20H22N2O5S/c23-12-17-16(24)10-18(27-17)22-11-13-9-14(26-19(13)21-20(22)25)5-4-8-28-15-6-2-1-3-7-15/h1-3,6-7,9,11,16-18,23-24H,4-5,8,10,12H2. The lowest BCUT2D eigenvalue weighted by Gasteiger charge is -2.13. The highest BCUT2D eigenvalue weighted by Crippen LogP contribution is 2.28. The second-order valence-electron chi connectivity index (χ2n) is 6.78. The number of aromatic nitrogens is 2. The summed E-state index contributed by atoms with van der Waals surface area (Å²) in [6, 6.07) is 12.1. The molecule has 2 aromatic heterocycles. The molecule has 0 bridgehead atoms. The SMILES string of the molecule is O=c1nc2oc(CCCSc3ccccc3)cc2cn1C1CC(O)C(CO)O1. The number of nitrogens with zero attached hydrogens (tertiary/aromatic N) is 2. The lowest BCUT2D eigenvalue weighted by atomic mass is 10.2. The first kappa shape index (κ1) is 19.2. The van der Waals surface area contributed by atoms with Crippen LogP contribution in [-0.4, -0.2) is 44.3 Å². The normalized spacial score (nSPS) is 22.1. The minimum atomic E-state index is -0.806. The number of benzene rings is 1. The molecule has 8 heteroatoms. The first-order valence-corrected chi connectivity index (χ1v) is 10.3. The van der Waals surface area contributed by atoms with Gasteiger partial charge in [-0.2, -0.15) is 4.98 Å². The summed E-state index contributed by atoms with van der Waals surface area (Å²) in [6.45, 7) is -0.293. The van der Waals surface area contributed by atoms with Crippen LogP contribution in [0.5, 0.6) is 0 Å². The Hall–Kier alpha value is -2.13. The summed E-state index contributed by atoms with van der Waals surface area (Å²) >= 11 is 1.80. The van der Waals surface area contributed by atoms with E-state index < -0.39 is 24.1 Å². The Morgan fingerprint density at radius 3 is 2.86 bits per heavy atom. The zero-order valence-electron chi connectivity index (χ0n) is 15.2. The molecule has 28 heavy (non-hydrogen) atoms. The minimum Gasteiger partial charge on any atom is -0.443 e. The van der Waals surface area contributed by atoms with Crippen molar-refractivity contribution in [1.29, 1.82) is 0 Å². The lowest BCUT2D eigenvalue weighted by Crippen LogP contribution is -2.27. The molecule has 0 amide bonds. The van der Waals surface area contributed by atoms with Gasteiger partial charge in [0.15, 0.2) is 0 Å². The minimum absolute atomic E-state index is 0.236. The van der Waals surface area contributed by atoms with Gasteiger partial charge in [-0.15, -0.1) is 11.8 Å². The van der Waals surface area contributed by atoms with Gasteiger partial charge in [0, 0.05) is 23.9 Å². The van der Waals surface area contributed by atoms with E-state index in [2.05, 4.69) is 17.1 Å². The van der Waals surface area contributed by atoms with Gasteiger partial charge in [-0.1, -0.05) is 18.2 Å². The maximum atomic E-state index is 12.3. The molecular weight excluding hydrogens is 380 g/mol. The van der Waals surface area contributed by atoms with Crippen molar-refractivity contribution in [3.8, 4) is 0 Å². The summed E-state index contributed by atoms with van der Waals surface area (Å²) in [7, 11) is 0. The summed E-state index contributed by atoms with van der Waals surface area (Å²) in [4.78, 5) is 17.6. The summed E-state index contributed by atoms with van der Waals surface area (Å²) in [6.07, 6.45) is 1.45. The molecule has 3 atom stereocenters. The van der Waals surface area contributed by atoms with Crippen molar-refractivity contribution in [2.45, 2.75) is 42.6 Å². The van der Waals surface area contributed by atoms with Gasteiger partial charge in [0.25, 0.3) is 0 Å². The quantitative estimate of drug-likeness (QED) is 0.462. The number of thioether (sulfide) groups is 1. The number of furan rings is 1. The van der Waals surface area contributed by atoms with Crippen LogP contribution >= 0.6 is 11.8 Å². The molecule has 3 heterocycles. The highest BCUT2D eigenvalue weighted by molar-refractivity contribution is 7.99. The van der Waals surface area contributed by atoms with Gasteiger partial charge in [-0.25, -0.2) is 4.79 Å². The monoisotopic (exact) mass is 402 g/mol. The zero-order valence-corrected chi connectivity index (χ0v) is 16.0. The summed E-state index contributed by atoms with van der Waals surface area (Å²) in [5, 5.41) is 19.8. The first-order valence-electron chi connectivity index (χ1n) is 9.28. The molecule has 1 aromatic carbocycles. The molecular formula is C20H22N2O5S. The van der Waals surface area contributed by atoms with Gasteiger partial charge >= 0.3 is 5.69 Å². The molecule has 2 N–H and O–H groups in total. The van der Waals surface area contributed by atoms with E-state index in [0.717, 1.165) is 29.7 Å². The van der Waals surface area contributed by atoms with Gasteiger partial charge in [-0.05, 0) is 30.4 Å². The van der Waals surface area contributed by atoms with E-state index in [1.54, 1.807) is 18.0 Å². The topological polar surface area (TPSA) is 97.7 Å². The number of aryl methyl sites for hydroxylation is 1. The van der Waals surface area contributed by atoms with Gasteiger partial charge < -0.3 is 19.4 Å². The fourth-order valence-electron chi connectivity index (χ4n) is 3.31. The van der Waals surface area contributed by atoms with E-state index in [4.69, 9.17) is 9.15 Å². The molecule has 0 spiro atoms. The van der Waals surface area contributed by atoms with E-state index >= 15 is 0 Å². The van der Waals surface area contributed by atoms with Gasteiger partial charge in [0.2, 0.25) is 5.71 Å². The molecule has 1 saturated heterocycles. The highest BCUT2D eigenvalue weighted by atomic mass is 32.2. The fraction of sp³-hybridized carbons (Fsp3) is 0.400. The molecule has 7 nitrogen and oxygen atoms in total. The Morgan fingerprint density at radius 1 is 1.29 bits per heavy atom. The van der Waals surface area contributed by atoms with E-state index in [1.807, 2.05) is 24.3 Å². The number of hydrogen-bond donors (Lipinski definition) is 2. The molecule has 0 aliphatic carbocycles. The van der Waals surface area contributed by atoms with Crippen LogP contribution in [-0.2, 0) is 11.2 Å². The predicted molar refractivity (Wildman–Crippen MR) is 105 cm³/mol. The molecule has 1 fully saturated rings.